The molecule has 0 unspecified atom stereocenters. The molecule has 0 saturated carbocycles. The topological polar surface area (TPSA) is 267 Å². The van der Waals surface area contributed by atoms with Gasteiger partial charge in [-0.3, -0.25) is 9.59 Å². The summed E-state index contributed by atoms with van der Waals surface area (Å²) in [7, 11) is 0. The lowest BCUT2D eigenvalue weighted by atomic mass is 9.98. The van der Waals surface area contributed by atoms with Crippen LogP contribution in [0.2, 0.25) is 0 Å². The molecule has 0 saturated heterocycles. The SMILES string of the molecule is CC(C)C[C@H](N)[C@H](CC(=O)OCc1ccccc1)OC(=O)[C@@H](N)Cc1ccccc1.Cl.Cl.N[C@@H](CCCCNC(=O)OCc1ccccc1)C(=O)OC(=O)[C@@H](N)Cc1c[nH]cn1. The zero-order chi connectivity index (χ0) is 43.7. The molecule has 16 nitrogen and oxygen atoms in total. The van der Waals surface area contributed by atoms with Crippen LogP contribution in [0.25, 0.3) is 0 Å². The van der Waals surface area contributed by atoms with Crippen LogP contribution >= 0.6 is 24.8 Å². The summed E-state index contributed by atoms with van der Waals surface area (Å²) in [6.45, 7) is 4.77. The van der Waals surface area contributed by atoms with Crippen LogP contribution in [0.4, 0.5) is 4.79 Å². The van der Waals surface area contributed by atoms with Crippen molar-refractivity contribution in [3.05, 3.63) is 126 Å². The normalized spacial score (nSPS) is 12.9. The third kappa shape index (κ3) is 22.5. The maximum absolute atomic E-state index is 12.6. The summed E-state index contributed by atoms with van der Waals surface area (Å²) in [4.78, 5) is 67.0. The number of benzene rings is 3. The van der Waals surface area contributed by atoms with E-state index in [0.29, 0.717) is 50.3 Å². The van der Waals surface area contributed by atoms with Crippen LogP contribution in [0.5, 0.6) is 0 Å². The van der Waals surface area contributed by atoms with Gasteiger partial charge in [0, 0.05) is 25.2 Å². The van der Waals surface area contributed by atoms with Gasteiger partial charge in [0.05, 0.1) is 18.4 Å². The van der Waals surface area contributed by atoms with Crippen molar-refractivity contribution >= 4 is 54.8 Å². The van der Waals surface area contributed by atoms with Crippen molar-refractivity contribution < 1.29 is 42.9 Å². The molecule has 0 fully saturated rings. The quantitative estimate of drug-likeness (QED) is 0.0273. The third-order valence-corrected chi connectivity index (χ3v) is 8.91. The highest BCUT2D eigenvalue weighted by molar-refractivity contribution is 5.90. The molecule has 0 aliphatic rings. The second-order valence-corrected chi connectivity index (χ2v) is 14.6. The number of aromatic amines is 1. The number of nitrogens with zero attached hydrogens (tertiary/aromatic N) is 1. The van der Waals surface area contributed by atoms with Crippen molar-refractivity contribution in [3.8, 4) is 0 Å². The van der Waals surface area contributed by atoms with E-state index in [1.807, 2.05) is 105 Å². The number of carbonyl (C=O) groups is 5. The van der Waals surface area contributed by atoms with Crippen LogP contribution in [0, 0.1) is 5.92 Å². The molecule has 5 atom stereocenters. The first kappa shape index (κ1) is 54.7. The number of amides is 1. The number of esters is 4. The highest BCUT2D eigenvalue weighted by atomic mass is 35.5. The number of alkyl carbamates (subject to hydrolysis) is 1. The van der Waals surface area contributed by atoms with E-state index in [-0.39, 0.29) is 50.9 Å². The standard InChI is InChI=1S/C24H32N2O4.C20H27N5O5.2ClH/c1-17(2)13-20(25)22(15-23(27)29-16-19-11-7-4-8-12-19)30-24(28)21(26)14-18-9-5-3-6-10-18;21-16(18(26)30-19(27)17(22)10-15-11-23-13-25-15)8-4-5-9-24-20(28)29-12-14-6-2-1-3-7-14;;/h3-12,17,20-22H,13-16,25-26H2,1-2H3;1-3,6-7,11,13,16-17H,4-5,8-10,12,21-22H2,(H,23,25)(H,24,28);2*1H/t20-,21-,22-;16-,17-;;/m00../s1. The molecular weight excluding hydrogens is 841 g/mol. The minimum absolute atomic E-state index is 0. The second kappa shape index (κ2) is 30.6. The molecule has 10 N–H and O–H groups in total. The number of hydrogen-bond acceptors (Lipinski definition) is 14. The van der Waals surface area contributed by atoms with Crippen molar-refractivity contribution in [1.82, 2.24) is 15.3 Å². The molecular formula is C44H61Cl2N7O9. The number of ether oxygens (including phenoxy) is 4. The van der Waals surface area contributed by atoms with Gasteiger partial charge in [-0.1, -0.05) is 105 Å². The number of nitrogens with one attached hydrogen (secondary N) is 2. The van der Waals surface area contributed by atoms with Gasteiger partial charge in [-0.25, -0.2) is 19.4 Å². The van der Waals surface area contributed by atoms with E-state index in [1.54, 1.807) is 6.20 Å². The van der Waals surface area contributed by atoms with Gasteiger partial charge in [0.25, 0.3) is 0 Å². The summed E-state index contributed by atoms with van der Waals surface area (Å²) < 4.78 is 20.7. The van der Waals surface area contributed by atoms with E-state index in [2.05, 4.69) is 15.3 Å². The summed E-state index contributed by atoms with van der Waals surface area (Å²) in [6.07, 6.45) is 4.23. The predicted molar refractivity (Wildman–Crippen MR) is 239 cm³/mol. The molecule has 0 aliphatic heterocycles. The van der Waals surface area contributed by atoms with E-state index < -0.39 is 60.2 Å². The van der Waals surface area contributed by atoms with Crippen molar-refractivity contribution in [2.75, 3.05) is 6.54 Å². The summed E-state index contributed by atoms with van der Waals surface area (Å²) in [6, 6.07) is 24.9. The molecule has 62 heavy (non-hydrogen) atoms. The fraction of sp³-hybridized carbons (Fsp3) is 0.409. The third-order valence-electron chi connectivity index (χ3n) is 8.91. The van der Waals surface area contributed by atoms with Crippen LogP contribution in [0.15, 0.2) is 104 Å². The molecule has 4 aromatic rings. The van der Waals surface area contributed by atoms with Gasteiger partial charge in [0.2, 0.25) is 0 Å². The van der Waals surface area contributed by atoms with Gasteiger partial charge in [0.15, 0.2) is 0 Å². The first-order valence-electron chi connectivity index (χ1n) is 19.9. The summed E-state index contributed by atoms with van der Waals surface area (Å²) >= 11 is 0. The fourth-order valence-electron chi connectivity index (χ4n) is 5.66. The van der Waals surface area contributed by atoms with E-state index in [4.69, 9.17) is 41.9 Å². The molecule has 0 radical (unpaired) electrons. The Kier molecular flexibility index (Phi) is 27.0. The molecule has 3 aromatic carbocycles. The number of unbranched alkanes of at least 4 members (excludes halogenated alkanes) is 1. The zero-order valence-corrected chi connectivity index (χ0v) is 36.7. The maximum atomic E-state index is 12.6. The van der Waals surface area contributed by atoms with Crippen molar-refractivity contribution in [3.63, 3.8) is 0 Å². The Morgan fingerprint density at radius 1 is 0.677 bits per heavy atom. The number of H-pyrrole nitrogens is 1. The van der Waals surface area contributed by atoms with E-state index in [9.17, 15) is 24.0 Å². The molecule has 0 aliphatic carbocycles. The number of halogens is 2. The van der Waals surface area contributed by atoms with E-state index in [1.165, 1.54) is 6.33 Å². The Balaban J connectivity index is 0.000000601. The van der Waals surface area contributed by atoms with E-state index in [0.717, 1.165) is 16.7 Å². The number of nitrogens with two attached hydrogens (primary N) is 4. The largest absolute Gasteiger partial charge is 0.461 e. The lowest BCUT2D eigenvalue weighted by molar-refractivity contribution is -0.162. The molecule has 0 spiro atoms. The molecule has 1 amide bonds. The second-order valence-electron chi connectivity index (χ2n) is 14.6. The monoisotopic (exact) mass is 901 g/mol. The fourth-order valence-corrected chi connectivity index (χ4v) is 5.66. The Morgan fingerprint density at radius 3 is 1.76 bits per heavy atom. The summed E-state index contributed by atoms with van der Waals surface area (Å²) in [5.41, 5.74) is 27.1. The van der Waals surface area contributed by atoms with Gasteiger partial charge in [-0.05, 0) is 54.7 Å². The minimum Gasteiger partial charge on any atom is -0.461 e. The van der Waals surface area contributed by atoms with Gasteiger partial charge in [0.1, 0.15) is 37.4 Å². The molecule has 4 rings (SSSR count). The molecule has 0 bridgehead atoms. The average Bonchev–Trinajstić information content (AvgIpc) is 3.75. The number of imidazole rings is 1. The zero-order valence-electron chi connectivity index (χ0n) is 35.1. The Bertz CT molecular complexity index is 1860. The Labute approximate surface area is 375 Å². The number of rotatable bonds is 22. The van der Waals surface area contributed by atoms with Gasteiger partial charge in [-0.15, -0.1) is 24.8 Å². The first-order chi connectivity index (χ1) is 28.8. The van der Waals surface area contributed by atoms with Crippen LogP contribution in [-0.2, 0) is 64.2 Å². The number of carbonyl (C=O) groups excluding carboxylic acids is 5. The summed E-state index contributed by atoms with van der Waals surface area (Å²) in [5, 5.41) is 2.63. The maximum Gasteiger partial charge on any atom is 0.407 e. The van der Waals surface area contributed by atoms with Crippen molar-refractivity contribution in [2.45, 2.75) is 102 Å². The van der Waals surface area contributed by atoms with Crippen LogP contribution in [0.3, 0.4) is 0 Å². The highest BCUT2D eigenvalue weighted by Crippen LogP contribution is 2.15. The van der Waals surface area contributed by atoms with E-state index >= 15 is 0 Å². The average molecular weight is 903 g/mol. The lowest BCUT2D eigenvalue weighted by Gasteiger charge is -2.26. The summed E-state index contributed by atoms with van der Waals surface area (Å²) in [5.74, 6) is -2.42. The van der Waals surface area contributed by atoms with Crippen LogP contribution < -0.4 is 28.3 Å². The van der Waals surface area contributed by atoms with Crippen molar-refractivity contribution in [2.24, 2.45) is 28.9 Å². The highest BCUT2D eigenvalue weighted by Gasteiger charge is 2.29. The lowest BCUT2D eigenvalue weighted by Crippen LogP contribution is -2.45. The molecule has 1 aromatic heterocycles. The van der Waals surface area contributed by atoms with Crippen LogP contribution in [-0.4, -0.2) is 76.8 Å². The van der Waals surface area contributed by atoms with Gasteiger partial charge in [-0.2, -0.15) is 0 Å². The number of aromatic nitrogens is 2. The van der Waals surface area contributed by atoms with Crippen molar-refractivity contribution in [1.29, 1.82) is 0 Å². The van der Waals surface area contributed by atoms with Gasteiger partial charge < -0.3 is 52.2 Å². The molecule has 340 valence electrons. The first-order valence-corrected chi connectivity index (χ1v) is 19.9. The van der Waals surface area contributed by atoms with Gasteiger partial charge >= 0.3 is 30.0 Å². The number of hydrogen-bond donors (Lipinski definition) is 6. The minimum atomic E-state index is -1.00. The molecule has 1 heterocycles. The predicted octanol–water partition coefficient (Wildman–Crippen LogP) is 4.59. The van der Waals surface area contributed by atoms with Crippen LogP contribution in [0.1, 0.15) is 68.3 Å². The smallest absolute Gasteiger partial charge is 0.407 e. The molecule has 18 heteroatoms. The Hall–Kier alpha value is -5.36. The Morgan fingerprint density at radius 2 is 1.21 bits per heavy atom.